The Hall–Kier alpha value is -4.03. The van der Waals surface area contributed by atoms with E-state index in [0.29, 0.717) is 25.9 Å². The molecule has 0 saturated heterocycles. The summed E-state index contributed by atoms with van der Waals surface area (Å²) in [6.45, 7) is 3.18. The van der Waals surface area contributed by atoms with Gasteiger partial charge in [0.05, 0.1) is 42.0 Å². The molecule has 0 aliphatic rings. The smallest absolute Gasteiger partial charge is 0.0887 e. The van der Waals surface area contributed by atoms with Crippen LogP contribution in [-0.2, 0) is 0 Å². The van der Waals surface area contributed by atoms with Crippen molar-refractivity contribution in [3.8, 4) is 23.4 Å². The zero-order chi connectivity index (χ0) is 21.2. The van der Waals surface area contributed by atoms with Crippen molar-refractivity contribution in [2.75, 3.05) is 18.0 Å². The number of nitriles is 2. The number of aromatic nitrogens is 1. The van der Waals surface area contributed by atoms with E-state index in [0.717, 1.165) is 33.9 Å². The highest BCUT2D eigenvalue weighted by Gasteiger charge is 2.08. The molecule has 0 saturated carbocycles. The van der Waals surface area contributed by atoms with Crippen LogP contribution in [0, 0.1) is 29.6 Å². The molecule has 148 valence electrons. The van der Waals surface area contributed by atoms with Crippen molar-refractivity contribution in [1.29, 1.82) is 10.5 Å². The molecule has 0 radical (unpaired) electrons. The van der Waals surface area contributed by atoms with E-state index in [1.165, 1.54) is 0 Å². The first-order valence-corrected chi connectivity index (χ1v) is 9.74. The van der Waals surface area contributed by atoms with Gasteiger partial charge in [-0.05, 0) is 55.0 Å². The SMILES string of the molecule is Cc1cc(N(CCC#N)CCC#N)ccc1N=Nc1ccc(-c2ccccn2)cc1. The lowest BCUT2D eigenvalue weighted by Crippen LogP contribution is -2.25. The molecule has 3 aromatic rings. The fourth-order valence-electron chi connectivity index (χ4n) is 3.03. The standard InChI is InChI=1S/C24H22N6/c1-19-18-22(30(16-4-13-25)17-5-14-26)11-12-23(19)29-28-21-9-7-20(8-10-21)24-6-2-3-15-27-24/h2-3,6-12,15,18H,4-5,16-17H2,1H3. The molecule has 0 spiro atoms. The zero-order valence-corrected chi connectivity index (χ0v) is 16.9. The predicted molar refractivity (Wildman–Crippen MR) is 118 cm³/mol. The summed E-state index contributed by atoms with van der Waals surface area (Å²) in [4.78, 5) is 6.40. The van der Waals surface area contributed by atoms with Crippen LogP contribution in [0.5, 0.6) is 0 Å². The molecule has 0 aliphatic carbocycles. The molecule has 0 atom stereocenters. The minimum absolute atomic E-state index is 0.417. The van der Waals surface area contributed by atoms with Gasteiger partial charge in [0.2, 0.25) is 0 Å². The molecule has 6 nitrogen and oxygen atoms in total. The Labute approximate surface area is 176 Å². The number of pyridine rings is 1. The Morgan fingerprint density at radius 2 is 1.63 bits per heavy atom. The predicted octanol–water partition coefficient (Wildman–Crippen LogP) is 6.11. The Balaban J connectivity index is 1.73. The first-order valence-electron chi connectivity index (χ1n) is 9.74. The van der Waals surface area contributed by atoms with Crippen LogP contribution in [0.4, 0.5) is 17.1 Å². The van der Waals surface area contributed by atoms with Gasteiger partial charge in [0, 0.05) is 30.5 Å². The summed E-state index contributed by atoms with van der Waals surface area (Å²) in [6, 6.07) is 23.8. The molecule has 1 heterocycles. The molecule has 0 unspecified atom stereocenters. The number of hydrogen-bond donors (Lipinski definition) is 0. The molecule has 0 amide bonds. The van der Waals surface area contributed by atoms with Crippen LogP contribution >= 0.6 is 0 Å². The Kier molecular flexibility index (Phi) is 7.24. The maximum absolute atomic E-state index is 8.87. The van der Waals surface area contributed by atoms with Crippen LogP contribution in [0.25, 0.3) is 11.3 Å². The second-order valence-corrected chi connectivity index (χ2v) is 6.74. The van der Waals surface area contributed by atoms with Crippen molar-refractivity contribution in [2.45, 2.75) is 19.8 Å². The van der Waals surface area contributed by atoms with E-state index < -0.39 is 0 Å². The Morgan fingerprint density at radius 3 is 2.23 bits per heavy atom. The van der Waals surface area contributed by atoms with E-state index in [9.17, 15) is 0 Å². The molecule has 30 heavy (non-hydrogen) atoms. The highest BCUT2D eigenvalue weighted by atomic mass is 15.1. The molecule has 0 N–H and O–H groups in total. The van der Waals surface area contributed by atoms with Gasteiger partial charge in [0.25, 0.3) is 0 Å². The van der Waals surface area contributed by atoms with Gasteiger partial charge in [0.1, 0.15) is 0 Å². The number of nitrogens with zero attached hydrogens (tertiary/aromatic N) is 6. The van der Waals surface area contributed by atoms with E-state index >= 15 is 0 Å². The van der Waals surface area contributed by atoms with Gasteiger partial charge >= 0.3 is 0 Å². The van der Waals surface area contributed by atoms with Crippen molar-refractivity contribution in [1.82, 2.24) is 4.98 Å². The lowest BCUT2D eigenvalue weighted by molar-refractivity contribution is 0.796. The number of anilines is 1. The number of aryl methyl sites for hydroxylation is 1. The molecule has 0 fully saturated rings. The molecular weight excluding hydrogens is 372 g/mol. The number of hydrogen-bond acceptors (Lipinski definition) is 6. The summed E-state index contributed by atoms with van der Waals surface area (Å²) >= 11 is 0. The third-order valence-corrected chi connectivity index (χ3v) is 4.63. The van der Waals surface area contributed by atoms with E-state index in [2.05, 4.69) is 32.3 Å². The third kappa shape index (κ3) is 5.50. The van der Waals surface area contributed by atoms with E-state index in [-0.39, 0.29) is 0 Å². The van der Waals surface area contributed by atoms with Gasteiger partial charge in [-0.2, -0.15) is 20.8 Å². The Morgan fingerprint density at radius 1 is 0.900 bits per heavy atom. The summed E-state index contributed by atoms with van der Waals surface area (Å²) in [7, 11) is 0. The second kappa shape index (κ2) is 10.5. The molecular formula is C24H22N6. The molecule has 6 heteroatoms. The quantitative estimate of drug-likeness (QED) is 0.431. The largest absolute Gasteiger partial charge is 0.369 e. The van der Waals surface area contributed by atoms with Gasteiger partial charge in [-0.25, -0.2) is 0 Å². The first kappa shape index (κ1) is 20.7. The fourth-order valence-corrected chi connectivity index (χ4v) is 3.03. The number of rotatable bonds is 8. The van der Waals surface area contributed by atoms with Gasteiger partial charge in [-0.15, -0.1) is 0 Å². The maximum Gasteiger partial charge on any atom is 0.0887 e. The molecule has 1 aromatic heterocycles. The Bertz CT molecular complexity index is 1060. The van der Waals surface area contributed by atoms with Crippen LogP contribution in [0.15, 0.2) is 77.1 Å². The van der Waals surface area contributed by atoms with Crippen LogP contribution in [0.2, 0.25) is 0 Å². The summed E-state index contributed by atoms with van der Waals surface area (Å²) in [5.74, 6) is 0. The van der Waals surface area contributed by atoms with Crippen LogP contribution in [-0.4, -0.2) is 18.1 Å². The van der Waals surface area contributed by atoms with E-state index in [1.54, 1.807) is 6.20 Å². The van der Waals surface area contributed by atoms with E-state index in [1.807, 2.05) is 67.6 Å². The van der Waals surface area contributed by atoms with Crippen LogP contribution in [0.1, 0.15) is 18.4 Å². The summed E-state index contributed by atoms with van der Waals surface area (Å²) in [5, 5.41) is 26.5. The molecule has 3 rings (SSSR count). The van der Waals surface area contributed by atoms with Gasteiger partial charge < -0.3 is 4.90 Å². The monoisotopic (exact) mass is 394 g/mol. The van der Waals surface area contributed by atoms with Crippen molar-refractivity contribution in [2.24, 2.45) is 10.2 Å². The first-order chi connectivity index (χ1) is 14.7. The van der Waals surface area contributed by atoms with Crippen molar-refractivity contribution in [3.63, 3.8) is 0 Å². The third-order valence-electron chi connectivity index (χ3n) is 4.63. The minimum atomic E-state index is 0.417. The molecule has 0 bridgehead atoms. The van der Waals surface area contributed by atoms with Gasteiger partial charge in [-0.3, -0.25) is 4.98 Å². The maximum atomic E-state index is 8.87. The summed E-state index contributed by atoms with van der Waals surface area (Å²) in [5.41, 5.74) is 5.47. The highest BCUT2D eigenvalue weighted by Crippen LogP contribution is 2.28. The number of azo groups is 1. The zero-order valence-electron chi connectivity index (χ0n) is 16.9. The second-order valence-electron chi connectivity index (χ2n) is 6.74. The van der Waals surface area contributed by atoms with Crippen LogP contribution < -0.4 is 4.90 Å². The molecule has 0 aliphatic heterocycles. The van der Waals surface area contributed by atoms with Gasteiger partial charge in [-0.1, -0.05) is 18.2 Å². The van der Waals surface area contributed by atoms with Crippen molar-refractivity contribution < 1.29 is 0 Å². The highest BCUT2D eigenvalue weighted by molar-refractivity contribution is 5.62. The lowest BCUT2D eigenvalue weighted by Gasteiger charge is -2.23. The van der Waals surface area contributed by atoms with Gasteiger partial charge in [0.15, 0.2) is 0 Å². The van der Waals surface area contributed by atoms with Crippen molar-refractivity contribution in [3.05, 3.63) is 72.4 Å². The fraction of sp³-hybridized carbons (Fsp3) is 0.208. The van der Waals surface area contributed by atoms with Crippen molar-refractivity contribution >= 4 is 17.1 Å². The lowest BCUT2D eigenvalue weighted by atomic mass is 10.1. The van der Waals surface area contributed by atoms with Crippen LogP contribution in [0.3, 0.4) is 0 Å². The summed E-state index contributed by atoms with van der Waals surface area (Å²) in [6.07, 6.45) is 2.61. The molecule has 2 aromatic carbocycles. The summed E-state index contributed by atoms with van der Waals surface area (Å²) < 4.78 is 0. The average molecular weight is 394 g/mol. The minimum Gasteiger partial charge on any atom is -0.369 e. The average Bonchev–Trinajstić information content (AvgIpc) is 2.79. The van der Waals surface area contributed by atoms with E-state index in [4.69, 9.17) is 10.5 Å². The topological polar surface area (TPSA) is 88.4 Å². The normalized spacial score (nSPS) is 10.5. The number of benzene rings is 2.